The molecule has 2 fully saturated rings. The highest BCUT2D eigenvalue weighted by atomic mass is 16.5. The summed E-state index contributed by atoms with van der Waals surface area (Å²) in [6.07, 6.45) is -0.519. The van der Waals surface area contributed by atoms with Crippen LogP contribution in [0.25, 0.3) is 0 Å². The zero-order chi connectivity index (χ0) is 24.2. The summed E-state index contributed by atoms with van der Waals surface area (Å²) in [5.41, 5.74) is 0.711. The summed E-state index contributed by atoms with van der Waals surface area (Å²) >= 11 is 0. The molecule has 34 heavy (non-hydrogen) atoms. The maximum atomic E-state index is 13.7. The molecule has 3 amide bonds. The third-order valence-corrected chi connectivity index (χ3v) is 7.24. The molecule has 0 radical (unpaired) electrons. The highest BCUT2D eigenvalue weighted by Gasteiger charge is 2.70. The van der Waals surface area contributed by atoms with Crippen LogP contribution in [0.2, 0.25) is 0 Å². The number of fused-ring (bicyclic) bond motifs is 4. The van der Waals surface area contributed by atoms with Gasteiger partial charge in [-0.25, -0.2) is 0 Å². The van der Waals surface area contributed by atoms with Crippen molar-refractivity contribution in [1.29, 1.82) is 0 Å². The third kappa shape index (κ3) is 3.04. The van der Waals surface area contributed by atoms with E-state index in [2.05, 4.69) is 10.6 Å². The lowest BCUT2D eigenvalue weighted by atomic mass is 9.76. The number of rotatable bonds is 6. The number of likely N-dealkylation sites (tertiary alicyclic amines) is 1. The standard InChI is InChI=1S/C25H27N3O6/c1-13(29)21-19-20(25(27-21)15-6-4-5-7-16(15)26-24(25)32)23(31)28(22(19)30)11-10-14-8-9-17(33-2)18(12-14)34-3/h4-9,12-13,19-21,27,29H,10-11H2,1-3H3,(H,26,32)/t13-,19+,20+,21+,25+/m1/s1. The van der Waals surface area contributed by atoms with Gasteiger partial charge in [0.15, 0.2) is 11.5 Å². The Hall–Kier alpha value is -3.43. The van der Waals surface area contributed by atoms with Gasteiger partial charge in [-0.2, -0.15) is 0 Å². The Balaban J connectivity index is 1.47. The van der Waals surface area contributed by atoms with Crippen molar-refractivity contribution in [2.24, 2.45) is 11.8 Å². The third-order valence-electron chi connectivity index (χ3n) is 7.24. The molecule has 0 saturated carbocycles. The predicted molar refractivity (Wildman–Crippen MR) is 122 cm³/mol. The first-order chi connectivity index (χ1) is 16.3. The maximum Gasteiger partial charge on any atom is 0.250 e. The molecule has 9 nitrogen and oxygen atoms in total. The zero-order valence-corrected chi connectivity index (χ0v) is 19.2. The average Bonchev–Trinajstić information content (AvgIpc) is 3.42. The van der Waals surface area contributed by atoms with Crippen molar-refractivity contribution in [3.05, 3.63) is 53.6 Å². The fourth-order valence-electron chi connectivity index (χ4n) is 5.66. The molecule has 2 aromatic carbocycles. The van der Waals surface area contributed by atoms with E-state index in [1.165, 1.54) is 4.90 Å². The molecule has 0 unspecified atom stereocenters. The van der Waals surface area contributed by atoms with Crippen molar-refractivity contribution in [3.8, 4) is 11.5 Å². The van der Waals surface area contributed by atoms with Gasteiger partial charge in [0, 0.05) is 23.8 Å². The minimum atomic E-state index is -1.40. The molecule has 3 aliphatic rings. The average molecular weight is 466 g/mol. The number of ether oxygens (including phenoxy) is 2. The van der Waals surface area contributed by atoms with Gasteiger partial charge in [-0.15, -0.1) is 0 Å². The number of nitrogens with one attached hydrogen (secondary N) is 2. The lowest BCUT2D eigenvalue weighted by Crippen LogP contribution is -2.54. The Labute approximate surface area is 197 Å². The lowest BCUT2D eigenvalue weighted by molar-refractivity contribution is -0.143. The Bertz CT molecular complexity index is 1180. The Morgan fingerprint density at radius 1 is 1.06 bits per heavy atom. The van der Waals surface area contributed by atoms with Gasteiger partial charge < -0.3 is 19.9 Å². The van der Waals surface area contributed by atoms with Gasteiger partial charge in [-0.05, 0) is 37.1 Å². The number of benzene rings is 2. The molecule has 178 valence electrons. The van der Waals surface area contributed by atoms with Crippen LogP contribution in [0.5, 0.6) is 11.5 Å². The number of hydrogen-bond donors (Lipinski definition) is 3. The number of carbonyl (C=O) groups is 3. The van der Waals surface area contributed by atoms with Gasteiger partial charge in [0.1, 0.15) is 5.54 Å². The van der Waals surface area contributed by atoms with Crippen LogP contribution in [0.1, 0.15) is 18.1 Å². The van der Waals surface area contributed by atoms with Crippen molar-refractivity contribution in [2.45, 2.75) is 31.0 Å². The van der Waals surface area contributed by atoms with Gasteiger partial charge in [0.25, 0.3) is 0 Å². The number of aliphatic hydroxyl groups is 1. The van der Waals surface area contributed by atoms with Crippen LogP contribution in [0.15, 0.2) is 42.5 Å². The van der Waals surface area contributed by atoms with Crippen LogP contribution >= 0.6 is 0 Å². The van der Waals surface area contributed by atoms with Crippen LogP contribution in [0.3, 0.4) is 0 Å². The topological polar surface area (TPSA) is 117 Å². The van der Waals surface area contributed by atoms with Gasteiger partial charge in [0.05, 0.1) is 32.2 Å². The fraction of sp³-hybridized carbons (Fsp3) is 0.400. The van der Waals surface area contributed by atoms with E-state index in [4.69, 9.17) is 9.47 Å². The second-order valence-corrected chi connectivity index (χ2v) is 8.99. The summed E-state index contributed by atoms with van der Waals surface area (Å²) in [4.78, 5) is 41.7. The highest BCUT2D eigenvalue weighted by Crippen LogP contribution is 2.53. The van der Waals surface area contributed by atoms with E-state index in [9.17, 15) is 19.5 Å². The fourth-order valence-corrected chi connectivity index (χ4v) is 5.66. The quantitative estimate of drug-likeness (QED) is 0.546. The molecule has 1 spiro atoms. The van der Waals surface area contributed by atoms with E-state index in [-0.39, 0.29) is 18.4 Å². The lowest BCUT2D eigenvalue weighted by Gasteiger charge is -2.30. The molecule has 3 N–H and O–H groups in total. The number of amides is 3. The molecule has 0 bridgehead atoms. The van der Waals surface area contributed by atoms with Gasteiger partial charge >= 0.3 is 0 Å². The van der Waals surface area contributed by atoms with Crippen molar-refractivity contribution < 1.29 is 29.0 Å². The number of methoxy groups -OCH3 is 2. The monoisotopic (exact) mass is 465 g/mol. The van der Waals surface area contributed by atoms with Crippen molar-refractivity contribution in [1.82, 2.24) is 10.2 Å². The number of aliphatic hydroxyl groups excluding tert-OH is 1. The zero-order valence-electron chi connectivity index (χ0n) is 19.2. The van der Waals surface area contributed by atoms with Crippen molar-refractivity contribution >= 4 is 23.4 Å². The summed E-state index contributed by atoms with van der Waals surface area (Å²) in [5, 5.41) is 16.5. The normalized spacial score (nSPS) is 28.2. The van der Waals surface area contributed by atoms with Gasteiger partial charge in [-0.1, -0.05) is 24.3 Å². The highest BCUT2D eigenvalue weighted by molar-refractivity contribution is 6.15. The Kier molecular flexibility index (Phi) is 5.33. The molecule has 9 heteroatoms. The largest absolute Gasteiger partial charge is 0.493 e. The summed E-state index contributed by atoms with van der Waals surface area (Å²) in [6, 6.07) is 11.9. The summed E-state index contributed by atoms with van der Waals surface area (Å²) in [5.74, 6) is -1.78. The van der Waals surface area contributed by atoms with E-state index < -0.39 is 35.4 Å². The minimum absolute atomic E-state index is 0.159. The first-order valence-corrected chi connectivity index (χ1v) is 11.3. The smallest absolute Gasteiger partial charge is 0.250 e. The predicted octanol–water partition coefficient (Wildman–Crippen LogP) is 1.05. The summed E-state index contributed by atoms with van der Waals surface area (Å²) < 4.78 is 10.6. The molecular formula is C25H27N3O6. The summed E-state index contributed by atoms with van der Waals surface area (Å²) in [7, 11) is 3.10. The molecule has 0 aliphatic carbocycles. The maximum absolute atomic E-state index is 13.7. The number of carbonyl (C=O) groups excluding carboxylic acids is 3. The van der Waals surface area contributed by atoms with Crippen LogP contribution in [-0.4, -0.2) is 60.6 Å². The molecular weight excluding hydrogens is 438 g/mol. The second-order valence-electron chi connectivity index (χ2n) is 8.99. The second kappa shape index (κ2) is 8.11. The number of hydrogen-bond acceptors (Lipinski definition) is 7. The van der Waals surface area contributed by atoms with E-state index in [1.807, 2.05) is 12.1 Å². The van der Waals surface area contributed by atoms with Gasteiger partial charge in [0.2, 0.25) is 17.7 Å². The van der Waals surface area contributed by atoms with E-state index in [1.54, 1.807) is 51.5 Å². The molecule has 3 heterocycles. The summed E-state index contributed by atoms with van der Waals surface area (Å²) in [6.45, 7) is 1.72. The van der Waals surface area contributed by atoms with E-state index >= 15 is 0 Å². The minimum Gasteiger partial charge on any atom is -0.493 e. The molecule has 2 aromatic rings. The number of imide groups is 1. The van der Waals surface area contributed by atoms with Crippen LogP contribution in [-0.2, 0) is 26.3 Å². The molecule has 5 atom stereocenters. The number of para-hydroxylation sites is 1. The van der Waals surface area contributed by atoms with Crippen molar-refractivity contribution in [3.63, 3.8) is 0 Å². The van der Waals surface area contributed by atoms with Crippen molar-refractivity contribution in [2.75, 3.05) is 26.1 Å². The molecule has 3 aliphatic heterocycles. The van der Waals surface area contributed by atoms with E-state index in [0.717, 1.165) is 5.56 Å². The Morgan fingerprint density at radius 2 is 1.79 bits per heavy atom. The first kappa shape index (κ1) is 22.4. The first-order valence-electron chi connectivity index (χ1n) is 11.3. The van der Waals surface area contributed by atoms with Crippen LogP contribution in [0.4, 0.5) is 5.69 Å². The molecule has 2 saturated heterocycles. The Morgan fingerprint density at radius 3 is 2.50 bits per heavy atom. The van der Waals surface area contributed by atoms with Crippen LogP contribution < -0.4 is 20.1 Å². The SMILES string of the molecule is COc1ccc(CCN2C(=O)[C@@H]3[C@H]([C@@H](C)O)N[C@]4(C(=O)Nc5ccccc54)[C@@H]3C2=O)cc1OC. The molecule has 0 aromatic heterocycles. The van der Waals surface area contributed by atoms with Crippen LogP contribution in [0, 0.1) is 11.8 Å². The number of anilines is 1. The number of nitrogens with zero attached hydrogens (tertiary/aromatic N) is 1. The van der Waals surface area contributed by atoms with E-state index in [0.29, 0.717) is 29.2 Å². The molecule has 5 rings (SSSR count). The van der Waals surface area contributed by atoms with Gasteiger partial charge in [-0.3, -0.25) is 24.6 Å².